The summed E-state index contributed by atoms with van der Waals surface area (Å²) in [5, 5.41) is 8.92. The minimum absolute atomic E-state index is 0.135. The molecule has 1 atom stereocenters. The lowest BCUT2D eigenvalue weighted by molar-refractivity contribution is 0.196. The first kappa shape index (κ1) is 16.0. The third kappa shape index (κ3) is 4.30. The number of carbonyl (C=O) groups excluding carboxylic acids is 1. The molecule has 23 heavy (non-hydrogen) atoms. The predicted molar refractivity (Wildman–Crippen MR) is 94.8 cm³/mol. The van der Waals surface area contributed by atoms with Crippen molar-refractivity contribution >= 4 is 23.1 Å². The Morgan fingerprint density at radius 3 is 3.17 bits per heavy atom. The van der Waals surface area contributed by atoms with Crippen LogP contribution in [0.5, 0.6) is 0 Å². The summed E-state index contributed by atoms with van der Waals surface area (Å²) in [5.74, 6) is 0. The molecule has 0 aliphatic carbocycles. The Kier molecular flexibility index (Phi) is 5.25. The highest BCUT2D eigenvalue weighted by atomic mass is 32.1. The lowest BCUT2D eigenvalue weighted by atomic mass is 10.1. The van der Waals surface area contributed by atoms with Crippen LogP contribution >= 0.6 is 11.3 Å². The molecule has 2 amide bonds. The van der Waals surface area contributed by atoms with Gasteiger partial charge in [-0.3, -0.25) is 0 Å². The zero-order chi connectivity index (χ0) is 16.1. The number of hydrogen-bond acceptors (Lipinski definition) is 4. The van der Waals surface area contributed by atoms with Gasteiger partial charge in [0.25, 0.3) is 0 Å². The Bertz CT molecular complexity index is 644. The fraction of sp³-hybridized carbons (Fsp3) is 0.412. The number of thiazole rings is 1. The highest BCUT2D eigenvalue weighted by molar-refractivity contribution is 7.13. The summed E-state index contributed by atoms with van der Waals surface area (Å²) in [4.78, 5) is 18.9. The van der Waals surface area contributed by atoms with Crippen LogP contribution in [0.25, 0.3) is 10.6 Å². The third-order valence-corrected chi connectivity index (χ3v) is 4.91. The number of nitrogens with zero attached hydrogens (tertiary/aromatic N) is 2. The molecule has 2 heterocycles. The number of aromatic nitrogens is 1. The van der Waals surface area contributed by atoms with Crippen molar-refractivity contribution < 1.29 is 4.79 Å². The Hall–Kier alpha value is -1.92. The molecule has 0 bridgehead atoms. The lowest BCUT2D eigenvalue weighted by Crippen LogP contribution is -2.48. The number of likely N-dealkylation sites (N-methyl/N-ethyl adjacent to an activating group) is 1. The van der Waals surface area contributed by atoms with Crippen molar-refractivity contribution in [3.63, 3.8) is 0 Å². The Morgan fingerprint density at radius 2 is 2.39 bits per heavy atom. The number of rotatable bonds is 4. The number of carbonyl (C=O) groups is 1. The van der Waals surface area contributed by atoms with E-state index in [1.165, 1.54) is 0 Å². The first-order valence-electron chi connectivity index (χ1n) is 8.04. The second kappa shape index (κ2) is 7.57. The zero-order valence-electron chi connectivity index (χ0n) is 13.3. The maximum absolute atomic E-state index is 12.2. The second-order valence-corrected chi connectivity index (χ2v) is 6.64. The van der Waals surface area contributed by atoms with E-state index >= 15 is 0 Å². The molecular weight excluding hydrogens is 308 g/mol. The van der Waals surface area contributed by atoms with Crippen LogP contribution in [0.3, 0.4) is 0 Å². The molecule has 122 valence electrons. The number of benzene rings is 1. The van der Waals surface area contributed by atoms with Gasteiger partial charge in [-0.1, -0.05) is 19.1 Å². The van der Waals surface area contributed by atoms with Gasteiger partial charge in [0.05, 0.1) is 0 Å². The van der Waals surface area contributed by atoms with Gasteiger partial charge < -0.3 is 15.5 Å². The molecule has 1 fully saturated rings. The van der Waals surface area contributed by atoms with Gasteiger partial charge in [-0.05, 0) is 38.1 Å². The number of amides is 2. The van der Waals surface area contributed by atoms with Crippen molar-refractivity contribution in [2.24, 2.45) is 0 Å². The van der Waals surface area contributed by atoms with Crippen LogP contribution in [0.2, 0.25) is 0 Å². The average Bonchev–Trinajstić information content (AvgIpc) is 3.09. The summed E-state index contributed by atoms with van der Waals surface area (Å²) >= 11 is 1.59. The first-order valence-corrected chi connectivity index (χ1v) is 8.92. The molecule has 5 nitrogen and oxygen atoms in total. The Morgan fingerprint density at radius 1 is 1.48 bits per heavy atom. The molecule has 1 saturated heterocycles. The van der Waals surface area contributed by atoms with Gasteiger partial charge in [0.15, 0.2) is 0 Å². The minimum Gasteiger partial charge on any atom is -0.334 e. The van der Waals surface area contributed by atoms with E-state index in [2.05, 4.69) is 27.4 Å². The van der Waals surface area contributed by atoms with Crippen LogP contribution in [0, 0.1) is 0 Å². The highest BCUT2D eigenvalue weighted by Gasteiger charge is 2.20. The van der Waals surface area contributed by atoms with Crippen LogP contribution in [-0.2, 0) is 0 Å². The molecule has 0 radical (unpaired) electrons. The third-order valence-electron chi connectivity index (χ3n) is 4.09. The van der Waals surface area contributed by atoms with E-state index < -0.39 is 0 Å². The minimum atomic E-state index is -0.135. The molecule has 0 saturated carbocycles. The van der Waals surface area contributed by atoms with Gasteiger partial charge in [0.1, 0.15) is 5.01 Å². The van der Waals surface area contributed by atoms with Gasteiger partial charge in [-0.15, -0.1) is 11.3 Å². The fourth-order valence-corrected chi connectivity index (χ4v) is 3.54. The summed E-state index contributed by atoms with van der Waals surface area (Å²) < 4.78 is 0. The topological polar surface area (TPSA) is 57.3 Å². The van der Waals surface area contributed by atoms with Crippen molar-refractivity contribution in [3.05, 3.63) is 35.8 Å². The number of likely N-dealkylation sites (tertiary alicyclic amines) is 1. The van der Waals surface area contributed by atoms with E-state index in [1.54, 1.807) is 17.5 Å². The van der Waals surface area contributed by atoms with Gasteiger partial charge in [0.2, 0.25) is 0 Å². The van der Waals surface area contributed by atoms with Crippen molar-refractivity contribution in [3.8, 4) is 10.6 Å². The molecule has 1 aromatic heterocycles. The van der Waals surface area contributed by atoms with E-state index in [9.17, 15) is 4.79 Å². The standard InChI is InChI=1S/C17H22N4OS/c1-2-21-9-4-7-15(12-21)20-17(22)19-14-6-3-5-13(11-14)16-18-8-10-23-16/h3,5-6,8,10-11,15H,2,4,7,9,12H2,1H3,(H2,19,20,22)/t15-/m0/s1. The van der Waals surface area contributed by atoms with Crippen LogP contribution in [-0.4, -0.2) is 41.6 Å². The SMILES string of the molecule is CCN1CCC[C@H](NC(=O)Nc2cccc(-c3nccs3)c2)C1. The summed E-state index contributed by atoms with van der Waals surface area (Å²) in [6.45, 7) is 5.26. The van der Waals surface area contributed by atoms with E-state index in [0.29, 0.717) is 0 Å². The van der Waals surface area contributed by atoms with Crippen LogP contribution in [0.15, 0.2) is 35.8 Å². The Labute approximate surface area is 140 Å². The number of anilines is 1. The van der Waals surface area contributed by atoms with Gasteiger partial charge in [-0.25, -0.2) is 9.78 Å². The normalized spacial score (nSPS) is 18.6. The molecule has 0 spiro atoms. The molecule has 1 aliphatic rings. The Balaban J connectivity index is 1.58. The molecule has 0 unspecified atom stereocenters. The zero-order valence-corrected chi connectivity index (χ0v) is 14.1. The lowest BCUT2D eigenvalue weighted by Gasteiger charge is -2.32. The highest BCUT2D eigenvalue weighted by Crippen LogP contribution is 2.24. The van der Waals surface area contributed by atoms with Crippen LogP contribution in [0.4, 0.5) is 10.5 Å². The van der Waals surface area contributed by atoms with Crippen molar-refractivity contribution in [1.82, 2.24) is 15.2 Å². The maximum atomic E-state index is 12.2. The number of nitrogens with one attached hydrogen (secondary N) is 2. The summed E-state index contributed by atoms with van der Waals surface area (Å²) in [7, 11) is 0. The summed E-state index contributed by atoms with van der Waals surface area (Å²) in [6.07, 6.45) is 3.97. The van der Waals surface area contributed by atoms with E-state index in [1.807, 2.05) is 29.6 Å². The molecule has 1 aromatic carbocycles. The van der Waals surface area contributed by atoms with Gasteiger partial charge >= 0.3 is 6.03 Å². The smallest absolute Gasteiger partial charge is 0.319 e. The second-order valence-electron chi connectivity index (χ2n) is 5.75. The average molecular weight is 330 g/mol. The largest absolute Gasteiger partial charge is 0.334 e. The molecule has 3 rings (SSSR count). The summed E-state index contributed by atoms with van der Waals surface area (Å²) in [6, 6.07) is 7.89. The quantitative estimate of drug-likeness (QED) is 0.903. The van der Waals surface area contributed by atoms with Crippen LogP contribution in [0.1, 0.15) is 19.8 Å². The first-order chi connectivity index (χ1) is 11.2. The number of piperidine rings is 1. The molecule has 1 aliphatic heterocycles. The van der Waals surface area contributed by atoms with Crippen molar-refractivity contribution in [1.29, 1.82) is 0 Å². The number of urea groups is 1. The predicted octanol–water partition coefficient (Wildman–Crippen LogP) is 3.42. The molecule has 2 aromatic rings. The van der Waals surface area contributed by atoms with Crippen LogP contribution < -0.4 is 10.6 Å². The monoisotopic (exact) mass is 330 g/mol. The van der Waals surface area contributed by atoms with Crippen molar-refractivity contribution in [2.45, 2.75) is 25.8 Å². The molecular formula is C17H22N4OS. The number of hydrogen-bond donors (Lipinski definition) is 2. The molecule has 2 N–H and O–H groups in total. The maximum Gasteiger partial charge on any atom is 0.319 e. The fourth-order valence-electron chi connectivity index (χ4n) is 2.91. The van der Waals surface area contributed by atoms with Crippen molar-refractivity contribution in [2.75, 3.05) is 25.0 Å². The van der Waals surface area contributed by atoms with E-state index in [-0.39, 0.29) is 12.1 Å². The van der Waals surface area contributed by atoms with E-state index in [0.717, 1.165) is 48.7 Å². The van der Waals surface area contributed by atoms with E-state index in [4.69, 9.17) is 0 Å². The van der Waals surface area contributed by atoms with Gasteiger partial charge in [-0.2, -0.15) is 0 Å². The molecule has 6 heteroatoms. The van der Waals surface area contributed by atoms with Gasteiger partial charge in [0, 0.05) is 35.4 Å². The summed E-state index contributed by atoms with van der Waals surface area (Å²) in [5.41, 5.74) is 1.81.